The van der Waals surface area contributed by atoms with Gasteiger partial charge in [-0.2, -0.15) is 0 Å². The fraction of sp³-hybridized carbons (Fsp3) is 0.524. The highest BCUT2D eigenvalue weighted by molar-refractivity contribution is 9.09. The molecule has 0 spiro atoms. The Morgan fingerprint density at radius 2 is 1.88 bits per heavy atom. The lowest BCUT2D eigenvalue weighted by atomic mass is 9.44. The number of nitrogens with one attached hydrogen (secondary N) is 3. The monoisotopic (exact) mass is 899 g/mol. The Bertz CT molecular complexity index is 2130. The predicted molar refractivity (Wildman–Crippen MR) is 215 cm³/mol. The average Bonchev–Trinajstić information content (AvgIpc) is 3.89. The summed E-state index contributed by atoms with van der Waals surface area (Å²) in [6, 6.07) is 9.55. The third-order valence-corrected chi connectivity index (χ3v) is 14.9. The molecule has 4 fully saturated rings. The lowest BCUT2D eigenvalue weighted by Crippen LogP contribution is -2.69. The van der Waals surface area contributed by atoms with E-state index < -0.39 is 94.6 Å². The van der Waals surface area contributed by atoms with Crippen molar-refractivity contribution in [1.82, 2.24) is 10.6 Å². The van der Waals surface area contributed by atoms with E-state index in [1.165, 1.54) is 23.5 Å². The number of aliphatic hydroxyl groups excluding tert-OH is 2. The first-order valence-electron chi connectivity index (χ1n) is 19.6. The number of thiophene rings is 1. The highest BCUT2D eigenvalue weighted by Gasteiger charge is 2.79. The maximum Gasteiger partial charge on any atom is 0.303 e. The molecule has 2 heterocycles. The first kappa shape index (κ1) is 43.0. The van der Waals surface area contributed by atoms with Crippen molar-refractivity contribution in [3.05, 3.63) is 75.5 Å². The fourth-order valence-electron chi connectivity index (χ4n) is 10.5. The number of benzene rings is 1. The Hall–Kier alpha value is -4.13. The number of ether oxygens (including phenoxy) is 2. The normalized spacial score (nSPS) is 33.4. The molecule has 4 aliphatic carbocycles. The number of fused-ring (bicyclic) bond motifs is 7. The number of Topliss-reactive ketones (excluding diaryl/α,β-unsaturated/α-hetero) is 1. The highest BCUT2D eigenvalue weighted by atomic mass is 79.9. The molecule has 1 aromatic heterocycles. The number of hydrogen-bond acceptors (Lipinski definition) is 11. The number of carbonyl (C=O) groups is 6. The van der Waals surface area contributed by atoms with Gasteiger partial charge in [-0.25, -0.2) is 4.39 Å². The summed E-state index contributed by atoms with van der Waals surface area (Å²) in [5.41, 5.74) is -4.15. The second kappa shape index (κ2) is 16.4. The molecule has 1 aliphatic heterocycles. The van der Waals surface area contributed by atoms with E-state index in [4.69, 9.17) is 9.47 Å². The van der Waals surface area contributed by atoms with E-state index in [1.807, 2.05) is 25.1 Å². The smallest absolute Gasteiger partial charge is 0.303 e. The van der Waals surface area contributed by atoms with Crippen LogP contribution >= 0.6 is 27.3 Å². The van der Waals surface area contributed by atoms with Gasteiger partial charge in [-0.3, -0.25) is 28.8 Å². The van der Waals surface area contributed by atoms with Crippen molar-refractivity contribution in [2.75, 3.05) is 23.8 Å². The quantitative estimate of drug-likeness (QED) is 0.150. The molecule has 2 aromatic rings. The molecule has 1 saturated heterocycles. The van der Waals surface area contributed by atoms with Gasteiger partial charge in [0.2, 0.25) is 17.7 Å². The summed E-state index contributed by atoms with van der Waals surface area (Å²) < 4.78 is 30.9. The van der Waals surface area contributed by atoms with Crippen LogP contribution in [0, 0.1) is 22.7 Å². The maximum atomic E-state index is 17.7. The molecular weight excluding hydrogens is 853 g/mol. The molecule has 6 N–H and O–H groups in total. The lowest BCUT2D eigenvalue weighted by Gasteiger charge is -2.62. The first-order valence-corrected chi connectivity index (χ1v) is 21.5. The Morgan fingerprint density at radius 1 is 1.10 bits per heavy atom. The number of carbonyl (C=O) groups excluding carboxylic acids is 5. The molecule has 0 bridgehead atoms. The minimum Gasteiger partial charge on any atom is -0.481 e. The van der Waals surface area contributed by atoms with Gasteiger partial charge in [0.05, 0.1) is 29.0 Å². The number of carboxylic acid groups (broad SMARTS) is 1. The van der Waals surface area contributed by atoms with E-state index in [2.05, 4.69) is 31.9 Å². The molecule has 7 rings (SSSR count). The van der Waals surface area contributed by atoms with Gasteiger partial charge in [-0.15, -0.1) is 11.3 Å². The SMILES string of the molecule is C[C@]12C=CC(=O)C=C1CC[C@H]1[C@@H]3C[C@H]4O[C@@H](c5ccc(Cc6cccc(NC(=O)[C@H](CCC(=O)O)NC(=O)CNC(=O)CBr)c6)s5)O[C@@]4(C(=O)CO)[C@@]3(C)C[C@H](O)[C@@]12F. The zero-order valence-corrected chi connectivity index (χ0v) is 34.9. The standard InChI is InChI=1S/C42H47BrFN3O11S/c1-39-13-12-25(49)16-23(39)6-8-27-28-17-33-42(32(51)21-48,40(28,2)18-31(50)41(27,39)44)58-38(57-33)30-10-7-26(59-30)15-22-4-3-5-24(14-22)46-37(56)29(9-11-36(54)55)47-35(53)20-45-34(52)19-43/h3-5,7,10,12-14,16,27-29,31,33,38,48,50H,6,8-9,11,15,17-21H2,1-2H3,(H,45,52)(H,46,56)(H,47,53)(H,54,55)/t27-,28-,29-,31-,33+,38+,39-,40-,41-,42+/m0/s1. The Kier molecular flexibility index (Phi) is 11.9. The molecule has 0 unspecified atom stereocenters. The minimum absolute atomic E-state index is 0.0138. The van der Waals surface area contributed by atoms with Crippen LogP contribution in [0.2, 0.25) is 0 Å². The molecule has 17 heteroatoms. The Morgan fingerprint density at radius 3 is 2.61 bits per heavy atom. The van der Waals surface area contributed by atoms with Crippen LogP contribution in [0.4, 0.5) is 10.1 Å². The number of anilines is 1. The van der Waals surface area contributed by atoms with Crippen LogP contribution in [0.3, 0.4) is 0 Å². The first-order chi connectivity index (χ1) is 28.0. The molecule has 59 heavy (non-hydrogen) atoms. The Balaban J connectivity index is 1.05. The second-order valence-electron chi connectivity index (χ2n) is 16.5. The zero-order valence-electron chi connectivity index (χ0n) is 32.5. The lowest BCUT2D eigenvalue weighted by molar-refractivity contribution is -0.231. The Labute approximate surface area is 352 Å². The average molecular weight is 901 g/mol. The number of ketones is 2. The fourth-order valence-corrected chi connectivity index (χ4v) is 11.7. The van der Waals surface area contributed by atoms with Gasteiger partial charge in [-0.1, -0.05) is 46.6 Å². The summed E-state index contributed by atoms with van der Waals surface area (Å²) in [5, 5.41) is 38.9. The van der Waals surface area contributed by atoms with Crippen LogP contribution in [-0.2, 0) is 44.7 Å². The summed E-state index contributed by atoms with van der Waals surface area (Å²) >= 11 is 4.37. The van der Waals surface area contributed by atoms with Gasteiger partial charge < -0.3 is 40.7 Å². The van der Waals surface area contributed by atoms with Crippen LogP contribution in [0.25, 0.3) is 0 Å². The van der Waals surface area contributed by atoms with E-state index in [0.717, 1.165) is 10.4 Å². The van der Waals surface area contributed by atoms with Gasteiger partial charge in [0.25, 0.3) is 0 Å². The number of halogens is 2. The number of aliphatic carboxylic acids is 1. The summed E-state index contributed by atoms with van der Waals surface area (Å²) in [5.74, 6) is -4.75. The summed E-state index contributed by atoms with van der Waals surface area (Å²) in [6.45, 7) is 2.36. The van der Waals surface area contributed by atoms with Crippen molar-refractivity contribution in [2.45, 2.75) is 94.6 Å². The third kappa shape index (κ3) is 7.41. The summed E-state index contributed by atoms with van der Waals surface area (Å²) in [7, 11) is 0. The van der Waals surface area contributed by atoms with E-state index in [9.17, 15) is 44.1 Å². The number of hydrogen-bond donors (Lipinski definition) is 6. The van der Waals surface area contributed by atoms with E-state index in [1.54, 1.807) is 31.2 Å². The summed E-state index contributed by atoms with van der Waals surface area (Å²) in [6.07, 6.45) is 2.03. The van der Waals surface area contributed by atoms with Gasteiger partial charge in [-0.05, 0) is 86.9 Å². The summed E-state index contributed by atoms with van der Waals surface area (Å²) in [4.78, 5) is 76.1. The topological polar surface area (TPSA) is 218 Å². The number of rotatable bonds is 14. The molecule has 316 valence electrons. The van der Waals surface area contributed by atoms with Crippen LogP contribution in [0.5, 0.6) is 0 Å². The second-order valence-corrected chi connectivity index (χ2v) is 18.3. The molecule has 10 atom stereocenters. The van der Waals surface area contributed by atoms with Crippen LogP contribution in [0.15, 0.2) is 60.2 Å². The number of amides is 3. The molecule has 3 saturated carbocycles. The number of carboxylic acids is 1. The van der Waals surface area contributed by atoms with Crippen molar-refractivity contribution in [3.8, 4) is 0 Å². The van der Waals surface area contributed by atoms with Crippen molar-refractivity contribution in [2.24, 2.45) is 22.7 Å². The van der Waals surface area contributed by atoms with Gasteiger partial charge in [0.15, 0.2) is 29.1 Å². The van der Waals surface area contributed by atoms with Gasteiger partial charge in [0.1, 0.15) is 12.6 Å². The van der Waals surface area contributed by atoms with Crippen molar-refractivity contribution < 1.29 is 58.0 Å². The molecule has 5 aliphatic rings. The van der Waals surface area contributed by atoms with E-state index >= 15 is 4.39 Å². The number of allylic oxidation sites excluding steroid dienone is 4. The molecule has 3 amide bonds. The molecular formula is C42H47BrFN3O11S. The van der Waals surface area contributed by atoms with E-state index in [0.29, 0.717) is 35.4 Å². The van der Waals surface area contributed by atoms with Gasteiger partial charge in [0, 0.05) is 40.2 Å². The van der Waals surface area contributed by atoms with Crippen LogP contribution in [0.1, 0.15) is 74.0 Å². The van der Waals surface area contributed by atoms with E-state index in [-0.39, 0.29) is 43.3 Å². The third-order valence-electron chi connectivity index (χ3n) is 13.3. The van der Waals surface area contributed by atoms with Crippen LogP contribution < -0.4 is 16.0 Å². The molecule has 1 aromatic carbocycles. The highest BCUT2D eigenvalue weighted by Crippen LogP contribution is 2.72. The number of aliphatic hydroxyl groups is 2. The van der Waals surface area contributed by atoms with Crippen molar-refractivity contribution in [1.29, 1.82) is 0 Å². The molecule has 0 radical (unpaired) electrons. The van der Waals surface area contributed by atoms with Gasteiger partial charge >= 0.3 is 5.97 Å². The minimum atomic E-state index is -2.10. The predicted octanol–water partition coefficient (Wildman–Crippen LogP) is 3.83. The largest absolute Gasteiger partial charge is 0.481 e. The van der Waals surface area contributed by atoms with Crippen molar-refractivity contribution in [3.63, 3.8) is 0 Å². The number of alkyl halides is 2. The van der Waals surface area contributed by atoms with Crippen molar-refractivity contribution >= 4 is 68.2 Å². The molecule has 14 nitrogen and oxygen atoms in total. The maximum absolute atomic E-state index is 17.7. The zero-order chi connectivity index (χ0) is 42.5. The van der Waals surface area contributed by atoms with Crippen LogP contribution in [-0.4, -0.2) is 98.6 Å².